The van der Waals surface area contributed by atoms with Gasteiger partial charge in [-0.15, -0.1) is 0 Å². The Balaban J connectivity index is 1.52. The van der Waals surface area contributed by atoms with Crippen LogP contribution in [-0.4, -0.2) is 36.9 Å². The van der Waals surface area contributed by atoms with Crippen molar-refractivity contribution in [2.75, 3.05) is 21.0 Å². The Kier molecular flexibility index (Phi) is 5.58. The Hall–Kier alpha value is -2.80. The first-order chi connectivity index (χ1) is 12.6. The van der Waals surface area contributed by atoms with Gasteiger partial charge >= 0.3 is 5.97 Å². The van der Waals surface area contributed by atoms with E-state index in [1.807, 2.05) is 42.3 Å². The second-order valence-electron chi connectivity index (χ2n) is 5.89. The summed E-state index contributed by atoms with van der Waals surface area (Å²) in [6, 6.07) is 13.1. The van der Waals surface area contributed by atoms with Gasteiger partial charge in [-0.2, -0.15) is 0 Å². The standard InChI is InChI=1S/C19H20N2O4S/c1-21(11-13-3-6-15(7-4-13)18(22)23-2)19(26)20-10-14-5-8-16-17(9-14)25-12-24-16/h3-9H,10-12H2,1-2H3,(H,20,26). The highest BCUT2D eigenvalue weighted by Gasteiger charge is 2.13. The number of ether oxygens (including phenoxy) is 3. The second-order valence-corrected chi connectivity index (χ2v) is 6.28. The van der Waals surface area contributed by atoms with E-state index >= 15 is 0 Å². The second kappa shape index (κ2) is 8.05. The largest absolute Gasteiger partial charge is 0.465 e. The molecule has 0 aliphatic carbocycles. The van der Waals surface area contributed by atoms with E-state index in [9.17, 15) is 4.79 Å². The Morgan fingerprint density at radius 1 is 1.15 bits per heavy atom. The molecule has 26 heavy (non-hydrogen) atoms. The molecule has 0 radical (unpaired) electrons. The number of esters is 1. The molecule has 2 aromatic rings. The summed E-state index contributed by atoms with van der Waals surface area (Å²) in [4.78, 5) is 13.4. The van der Waals surface area contributed by atoms with Gasteiger partial charge in [0.2, 0.25) is 6.79 Å². The van der Waals surface area contributed by atoms with Crippen LogP contribution in [0.3, 0.4) is 0 Å². The molecule has 0 spiro atoms. The average Bonchev–Trinajstić information content (AvgIpc) is 3.13. The molecule has 1 heterocycles. The van der Waals surface area contributed by atoms with Gasteiger partial charge in [-0.3, -0.25) is 0 Å². The number of rotatable bonds is 5. The van der Waals surface area contributed by atoms with Crippen LogP contribution in [0.15, 0.2) is 42.5 Å². The zero-order valence-corrected chi connectivity index (χ0v) is 15.5. The van der Waals surface area contributed by atoms with E-state index in [1.165, 1.54) is 7.11 Å². The number of nitrogens with zero attached hydrogens (tertiary/aromatic N) is 1. The molecule has 0 fully saturated rings. The first-order valence-corrected chi connectivity index (χ1v) is 8.52. The topological polar surface area (TPSA) is 60.0 Å². The highest BCUT2D eigenvalue weighted by Crippen LogP contribution is 2.32. The van der Waals surface area contributed by atoms with E-state index in [-0.39, 0.29) is 12.8 Å². The Bertz CT molecular complexity index is 808. The van der Waals surface area contributed by atoms with Crippen molar-refractivity contribution in [2.24, 2.45) is 0 Å². The van der Waals surface area contributed by atoms with Crippen molar-refractivity contribution >= 4 is 23.3 Å². The van der Waals surface area contributed by atoms with Gasteiger partial charge in [0.05, 0.1) is 12.7 Å². The Morgan fingerprint density at radius 3 is 2.58 bits per heavy atom. The van der Waals surface area contributed by atoms with Crippen molar-refractivity contribution in [1.82, 2.24) is 10.2 Å². The van der Waals surface area contributed by atoms with E-state index < -0.39 is 0 Å². The van der Waals surface area contributed by atoms with E-state index in [2.05, 4.69) is 5.32 Å². The lowest BCUT2D eigenvalue weighted by molar-refractivity contribution is 0.0600. The zero-order valence-electron chi connectivity index (χ0n) is 14.7. The molecule has 3 rings (SSSR count). The maximum atomic E-state index is 11.5. The molecule has 0 saturated carbocycles. The summed E-state index contributed by atoms with van der Waals surface area (Å²) in [5.74, 6) is 1.18. The van der Waals surface area contributed by atoms with Crippen LogP contribution in [0.25, 0.3) is 0 Å². The summed E-state index contributed by atoms with van der Waals surface area (Å²) in [5, 5.41) is 3.87. The van der Waals surface area contributed by atoms with E-state index in [0.29, 0.717) is 23.8 Å². The Morgan fingerprint density at radius 2 is 1.85 bits per heavy atom. The van der Waals surface area contributed by atoms with Crippen LogP contribution >= 0.6 is 12.2 Å². The van der Waals surface area contributed by atoms with Crippen molar-refractivity contribution in [1.29, 1.82) is 0 Å². The number of nitrogens with one attached hydrogen (secondary N) is 1. The molecular formula is C19H20N2O4S. The lowest BCUT2D eigenvalue weighted by Gasteiger charge is -2.21. The number of hydrogen-bond donors (Lipinski definition) is 1. The van der Waals surface area contributed by atoms with E-state index in [4.69, 9.17) is 26.4 Å². The predicted octanol–water partition coefficient (Wildman–Crippen LogP) is 2.71. The van der Waals surface area contributed by atoms with Gasteiger partial charge in [0, 0.05) is 20.1 Å². The molecule has 0 amide bonds. The lowest BCUT2D eigenvalue weighted by atomic mass is 10.1. The van der Waals surface area contributed by atoms with Crippen molar-refractivity contribution < 1.29 is 19.0 Å². The third kappa shape index (κ3) is 4.23. The van der Waals surface area contributed by atoms with Gasteiger partial charge in [-0.25, -0.2) is 4.79 Å². The fourth-order valence-electron chi connectivity index (χ4n) is 2.57. The van der Waals surface area contributed by atoms with Crippen LogP contribution in [0.2, 0.25) is 0 Å². The smallest absolute Gasteiger partial charge is 0.337 e. The summed E-state index contributed by atoms with van der Waals surface area (Å²) in [6.07, 6.45) is 0. The van der Waals surface area contributed by atoms with Crippen molar-refractivity contribution in [3.63, 3.8) is 0 Å². The molecule has 136 valence electrons. The number of carbonyl (C=O) groups excluding carboxylic acids is 1. The van der Waals surface area contributed by atoms with Gasteiger partial charge < -0.3 is 24.4 Å². The molecule has 7 heteroatoms. The van der Waals surface area contributed by atoms with E-state index in [1.54, 1.807) is 12.1 Å². The maximum Gasteiger partial charge on any atom is 0.337 e. The van der Waals surface area contributed by atoms with Crippen LogP contribution in [0.1, 0.15) is 21.5 Å². The van der Waals surface area contributed by atoms with E-state index in [0.717, 1.165) is 22.6 Å². The SMILES string of the molecule is COC(=O)c1ccc(CN(C)C(=S)NCc2ccc3c(c2)OCO3)cc1. The zero-order chi connectivity index (χ0) is 18.5. The number of carbonyl (C=O) groups is 1. The van der Waals surface area contributed by atoms with Crippen molar-refractivity contribution in [3.05, 3.63) is 59.2 Å². The number of hydrogen-bond acceptors (Lipinski definition) is 5. The number of fused-ring (bicyclic) bond motifs is 1. The minimum atomic E-state index is -0.342. The van der Waals surface area contributed by atoms with Crippen LogP contribution < -0.4 is 14.8 Å². The first-order valence-electron chi connectivity index (χ1n) is 8.11. The fourth-order valence-corrected chi connectivity index (χ4v) is 2.71. The Labute approximate surface area is 157 Å². The van der Waals surface area contributed by atoms with Gasteiger partial charge in [-0.05, 0) is 47.6 Å². The summed E-state index contributed by atoms with van der Waals surface area (Å²) in [7, 11) is 3.29. The molecule has 0 atom stereocenters. The molecule has 0 bridgehead atoms. The van der Waals surface area contributed by atoms with Crippen LogP contribution in [0.5, 0.6) is 11.5 Å². The van der Waals surface area contributed by atoms with Crippen LogP contribution in [0, 0.1) is 0 Å². The maximum absolute atomic E-state index is 11.5. The minimum Gasteiger partial charge on any atom is -0.465 e. The molecule has 0 saturated heterocycles. The summed E-state index contributed by atoms with van der Waals surface area (Å²) in [6.45, 7) is 1.50. The van der Waals surface area contributed by atoms with Crippen molar-refractivity contribution in [3.8, 4) is 11.5 Å². The molecule has 2 aromatic carbocycles. The predicted molar refractivity (Wildman–Crippen MR) is 101 cm³/mol. The highest BCUT2D eigenvalue weighted by atomic mass is 32.1. The summed E-state index contributed by atoms with van der Waals surface area (Å²) in [5.41, 5.74) is 2.64. The lowest BCUT2D eigenvalue weighted by Crippen LogP contribution is -2.36. The average molecular weight is 372 g/mol. The van der Waals surface area contributed by atoms with Crippen LogP contribution in [-0.2, 0) is 17.8 Å². The van der Waals surface area contributed by atoms with Gasteiger partial charge in [-0.1, -0.05) is 18.2 Å². The molecular weight excluding hydrogens is 352 g/mol. The minimum absolute atomic E-state index is 0.266. The van der Waals surface area contributed by atoms with Gasteiger partial charge in [0.1, 0.15) is 0 Å². The molecule has 1 aliphatic heterocycles. The number of thiocarbonyl (C=S) groups is 1. The third-order valence-corrected chi connectivity index (χ3v) is 4.48. The third-order valence-electron chi connectivity index (χ3n) is 4.02. The van der Waals surface area contributed by atoms with Crippen LogP contribution in [0.4, 0.5) is 0 Å². The molecule has 1 N–H and O–H groups in total. The number of benzene rings is 2. The monoisotopic (exact) mass is 372 g/mol. The van der Waals surface area contributed by atoms with Gasteiger partial charge in [0.25, 0.3) is 0 Å². The molecule has 0 aromatic heterocycles. The van der Waals surface area contributed by atoms with Gasteiger partial charge in [0.15, 0.2) is 16.6 Å². The molecule has 0 unspecified atom stereocenters. The highest BCUT2D eigenvalue weighted by molar-refractivity contribution is 7.80. The molecule has 1 aliphatic rings. The van der Waals surface area contributed by atoms with Crippen molar-refractivity contribution in [2.45, 2.75) is 13.1 Å². The number of methoxy groups -OCH3 is 1. The normalized spacial score (nSPS) is 11.8. The molecule has 6 nitrogen and oxygen atoms in total. The quantitative estimate of drug-likeness (QED) is 0.640. The summed E-state index contributed by atoms with van der Waals surface area (Å²) >= 11 is 5.45. The first kappa shape index (κ1) is 18.0. The summed E-state index contributed by atoms with van der Waals surface area (Å²) < 4.78 is 15.4. The fraction of sp³-hybridized carbons (Fsp3) is 0.263.